The molecule has 0 unspecified atom stereocenters. The highest BCUT2D eigenvalue weighted by atomic mass is 32.2. The van der Waals surface area contributed by atoms with Gasteiger partial charge in [-0.25, -0.2) is 9.78 Å². The quantitative estimate of drug-likeness (QED) is 0.784. The molecular formula is C9H11NO4S2. The Morgan fingerprint density at radius 2 is 2.38 bits per heavy atom. The largest absolute Gasteiger partial charge is 0.476 e. The SMILES string of the molecule is CCOC(=O)CSCc1csc(C(=O)O)n1. The summed E-state index contributed by atoms with van der Waals surface area (Å²) in [6.45, 7) is 2.13. The van der Waals surface area contributed by atoms with Crippen molar-refractivity contribution in [1.82, 2.24) is 4.98 Å². The van der Waals surface area contributed by atoms with Gasteiger partial charge in [-0.1, -0.05) is 0 Å². The van der Waals surface area contributed by atoms with Gasteiger partial charge < -0.3 is 9.84 Å². The third-order valence-electron chi connectivity index (χ3n) is 1.51. The van der Waals surface area contributed by atoms with E-state index in [4.69, 9.17) is 9.84 Å². The maximum absolute atomic E-state index is 11.0. The second-order valence-electron chi connectivity index (χ2n) is 2.75. The van der Waals surface area contributed by atoms with Gasteiger partial charge >= 0.3 is 11.9 Å². The summed E-state index contributed by atoms with van der Waals surface area (Å²) in [5.74, 6) is -0.510. The van der Waals surface area contributed by atoms with E-state index in [9.17, 15) is 9.59 Å². The van der Waals surface area contributed by atoms with Gasteiger partial charge in [0.05, 0.1) is 18.1 Å². The fourth-order valence-electron chi connectivity index (χ4n) is 0.913. The van der Waals surface area contributed by atoms with E-state index in [0.29, 0.717) is 18.1 Å². The van der Waals surface area contributed by atoms with Gasteiger partial charge in [0.25, 0.3) is 0 Å². The molecule has 0 spiro atoms. The highest BCUT2D eigenvalue weighted by molar-refractivity contribution is 7.99. The predicted octanol–water partition coefficient (Wildman–Crippen LogP) is 1.64. The van der Waals surface area contributed by atoms with E-state index in [1.807, 2.05) is 0 Å². The highest BCUT2D eigenvalue weighted by Gasteiger charge is 2.09. The number of hydrogen-bond acceptors (Lipinski definition) is 6. The lowest BCUT2D eigenvalue weighted by Gasteiger charge is -1.99. The molecule has 16 heavy (non-hydrogen) atoms. The normalized spacial score (nSPS) is 10.1. The fraction of sp³-hybridized carbons (Fsp3) is 0.444. The summed E-state index contributed by atoms with van der Waals surface area (Å²) in [6, 6.07) is 0. The van der Waals surface area contributed by atoms with E-state index >= 15 is 0 Å². The van der Waals surface area contributed by atoms with Gasteiger partial charge in [-0.05, 0) is 6.92 Å². The Bertz CT molecular complexity index is 377. The molecule has 0 saturated carbocycles. The van der Waals surface area contributed by atoms with Gasteiger partial charge in [0.2, 0.25) is 5.01 Å². The number of carboxylic acid groups (broad SMARTS) is 1. The van der Waals surface area contributed by atoms with Crippen molar-refractivity contribution in [2.75, 3.05) is 12.4 Å². The van der Waals surface area contributed by atoms with E-state index in [1.165, 1.54) is 11.8 Å². The van der Waals surface area contributed by atoms with E-state index in [2.05, 4.69) is 4.98 Å². The minimum Gasteiger partial charge on any atom is -0.476 e. The van der Waals surface area contributed by atoms with Crippen LogP contribution in [0.2, 0.25) is 0 Å². The Balaban J connectivity index is 2.32. The highest BCUT2D eigenvalue weighted by Crippen LogP contribution is 2.15. The monoisotopic (exact) mass is 261 g/mol. The topological polar surface area (TPSA) is 76.5 Å². The van der Waals surface area contributed by atoms with E-state index in [-0.39, 0.29) is 16.7 Å². The Hall–Kier alpha value is -1.08. The van der Waals surface area contributed by atoms with Crippen LogP contribution in [-0.4, -0.2) is 34.4 Å². The second kappa shape index (κ2) is 6.49. The average molecular weight is 261 g/mol. The standard InChI is InChI=1S/C9H11NO4S2/c1-2-14-7(11)5-15-3-6-4-16-8(10-6)9(12)13/h4H,2-3,5H2,1H3,(H,12,13). The summed E-state index contributed by atoms with van der Waals surface area (Å²) < 4.78 is 4.75. The van der Waals surface area contributed by atoms with Crippen molar-refractivity contribution in [2.24, 2.45) is 0 Å². The molecule has 0 atom stereocenters. The molecule has 0 bridgehead atoms. The van der Waals surface area contributed by atoms with Crippen LogP contribution in [0.1, 0.15) is 22.4 Å². The number of rotatable bonds is 6. The van der Waals surface area contributed by atoms with E-state index in [1.54, 1.807) is 12.3 Å². The maximum Gasteiger partial charge on any atom is 0.365 e. The summed E-state index contributed by atoms with van der Waals surface area (Å²) in [4.78, 5) is 25.4. The zero-order chi connectivity index (χ0) is 12.0. The lowest BCUT2D eigenvalue weighted by Crippen LogP contribution is -2.06. The summed E-state index contributed by atoms with van der Waals surface area (Å²) >= 11 is 2.44. The molecule has 88 valence electrons. The first-order valence-electron chi connectivity index (χ1n) is 4.54. The van der Waals surface area contributed by atoms with Gasteiger partial charge in [0.15, 0.2) is 0 Å². The molecule has 0 aliphatic rings. The summed E-state index contributed by atoms with van der Waals surface area (Å²) in [5.41, 5.74) is 0.677. The van der Waals surface area contributed by atoms with E-state index in [0.717, 1.165) is 11.3 Å². The molecule has 1 aromatic rings. The summed E-state index contributed by atoms with van der Waals surface area (Å²) in [5, 5.41) is 10.4. The molecule has 0 aliphatic carbocycles. The average Bonchev–Trinajstić information content (AvgIpc) is 2.67. The Morgan fingerprint density at radius 1 is 1.62 bits per heavy atom. The fourth-order valence-corrected chi connectivity index (χ4v) is 2.38. The van der Waals surface area contributed by atoms with Crippen LogP contribution in [-0.2, 0) is 15.3 Å². The Morgan fingerprint density at radius 3 is 2.94 bits per heavy atom. The zero-order valence-corrected chi connectivity index (χ0v) is 10.3. The number of carbonyl (C=O) groups is 2. The molecule has 1 N–H and O–H groups in total. The molecule has 0 aromatic carbocycles. The van der Waals surface area contributed by atoms with Gasteiger partial charge in [-0.3, -0.25) is 4.79 Å². The smallest absolute Gasteiger partial charge is 0.365 e. The molecular weight excluding hydrogens is 250 g/mol. The van der Waals surface area contributed by atoms with Gasteiger partial charge in [-0.2, -0.15) is 0 Å². The number of nitrogens with zero attached hydrogens (tertiary/aromatic N) is 1. The number of esters is 1. The van der Waals surface area contributed by atoms with Crippen LogP contribution in [0.25, 0.3) is 0 Å². The van der Waals surface area contributed by atoms with Gasteiger partial charge in [-0.15, -0.1) is 23.1 Å². The Kier molecular flexibility index (Phi) is 5.27. The lowest BCUT2D eigenvalue weighted by atomic mass is 10.6. The number of aromatic carboxylic acids is 1. The molecule has 7 heteroatoms. The molecule has 0 aliphatic heterocycles. The van der Waals surface area contributed by atoms with Crippen molar-refractivity contribution < 1.29 is 19.4 Å². The third kappa shape index (κ3) is 4.19. The molecule has 1 rings (SSSR count). The van der Waals surface area contributed by atoms with Crippen LogP contribution >= 0.6 is 23.1 Å². The van der Waals surface area contributed by atoms with Crippen molar-refractivity contribution in [3.63, 3.8) is 0 Å². The van der Waals surface area contributed by atoms with Gasteiger partial charge in [0.1, 0.15) is 0 Å². The first-order valence-corrected chi connectivity index (χ1v) is 6.58. The van der Waals surface area contributed by atoms with Crippen LogP contribution in [0.5, 0.6) is 0 Å². The van der Waals surface area contributed by atoms with Crippen LogP contribution < -0.4 is 0 Å². The predicted molar refractivity (Wildman–Crippen MR) is 61.9 cm³/mol. The molecule has 5 nitrogen and oxygen atoms in total. The van der Waals surface area contributed by atoms with Crippen molar-refractivity contribution in [3.8, 4) is 0 Å². The maximum atomic E-state index is 11.0. The molecule has 1 aromatic heterocycles. The number of ether oxygens (including phenoxy) is 1. The Labute approximate surface area is 101 Å². The minimum absolute atomic E-state index is 0.0757. The number of carboxylic acids is 1. The first-order chi connectivity index (χ1) is 7.63. The van der Waals surface area contributed by atoms with Crippen LogP contribution in [0, 0.1) is 0 Å². The number of thiazole rings is 1. The van der Waals surface area contributed by atoms with Crippen molar-refractivity contribution in [2.45, 2.75) is 12.7 Å². The second-order valence-corrected chi connectivity index (χ2v) is 4.59. The van der Waals surface area contributed by atoms with Crippen molar-refractivity contribution in [3.05, 3.63) is 16.1 Å². The number of thioether (sulfide) groups is 1. The van der Waals surface area contributed by atoms with Crippen LogP contribution in [0.15, 0.2) is 5.38 Å². The van der Waals surface area contributed by atoms with E-state index < -0.39 is 5.97 Å². The summed E-state index contributed by atoms with van der Waals surface area (Å²) in [6.07, 6.45) is 0. The number of hydrogen-bond donors (Lipinski definition) is 1. The minimum atomic E-state index is -1.02. The van der Waals surface area contributed by atoms with Crippen molar-refractivity contribution in [1.29, 1.82) is 0 Å². The van der Waals surface area contributed by atoms with Crippen LogP contribution in [0.3, 0.4) is 0 Å². The zero-order valence-electron chi connectivity index (χ0n) is 8.63. The summed E-state index contributed by atoms with van der Waals surface area (Å²) in [7, 11) is 0. The molecule has 0 fully saturated rings. The number of aromatic nitrogens is 1. The molecule has 1 heterocycles. The number of carbonyl (C=O) groups excluding carboxylic acids is 1. The third-order valence-corrected chi connectivity index (χ3v) is 3.33. The molecule has 0 radical (unpaired) electrons. The molecule has 0 saturated heterocycles. The lowest BCUT2D eigenvalue weighted by molar-refractivity contribution is -0.139. The first kappa shape index (κ1) is 13.0. The van der Waals surface area contributed by atoms with Gasteiger partial charge in [0, 0.05) is 11.1 Å². The molecule has 0 amide bonds. The van der Waals surface area contributed by atoms with Crippen molar-refractivity contribution >= 4 is 35.0 Å². The van der Waals surface area contributed by atoms with Crippen LogP contribution in [0.4, 0.5) is 0 Å².